The standard InChI is InChI=1S/C15H21NO8S/c1-15(2,3)23-14(18)16-12(13(17)22-4)9-10-5-7-11(8-6-10)24-25(19,20)21/h5-8,12H,9H2,1-4H3,(H,16,18)(H,19,20,21)/p-1/t12-/m0/s1. The molecule has 0 heterocycles. The third-order valence-corrected chi connectivity index (χ3v) is 3.13. The van der Waals surface area contributed by atoms with Crippen LogP contribution in [0.15, 0.2) is 24.3 Å². The first kappa shape index (κ1) is 20.7. The van der Waals surface area contributed by atoms with Crippen LogP contribution in [0.1, 0.15) is 26.3 Å². The van der Waals surface area contributed by atoms with Crippen molar-refractivity contribution in [2.75, 3.05) is 7.11 Å². The number of carbonyl (C=O) groups excluding carboxylic acids is 2. The highest BCUT2D eigenvalue weighted by Crippen LogP contribution is 2.15. The number of nitrogens with one attached hydrogen (secondary N) is 1. The number of methoxy groups -OCH3 is 1. The van der Waals surface area contributed by atoms with Crippen molar-refractivity contribution in [3.8, 4) is 5.75 Å². The van der Waals surface area contributed by atoms with Crippen molar-refractivity contribution >= 4 is 22.5 Å². The smallest absolute Gasteiger partial charge is 0.408 e. The largest absolute Gasteiger partial charge is 0.716 e. The maximum absolute atomic E-state index is 11.8. The number of alkyl carbamates (subject to hydrolysis) is 1. The molecule has 10 heteroatoms. The summed E-state index contributed by atoms with van der Waals surface area (Å²) in [6.07, 6.45) is -0.712. The van der Waals surface area contributed by atoms with Gasteiger partial charge in [0.2, 0.25) is 0 Å². The number of hydrogen-bond acceptors (Lipinski definition) is 8. The average molecular weight is 374 g/mol. The van der Waals surface area contributed by atoms with Crippen LogP contribution in [0, 0.1) is 0 Å². The van der Waals surface area contributed by atoms with Crippen LogP contribution in [0.3, 0.4) is 0 Å². The summed E-state index contributed by atoms with van der Waals surface area (Å²) in [6.45, 7) is 5.05. The summed E-state index contributed by atoms with van der Waals surface area (Å²) in [5.74, 6) is -0.832. The van der Waals surface area contributed by atoms with E-state index < -0.39 is 34.1 Å². The van der Waals surface area contributed by atoms with Gasteiger partial charge in [0, 0.05) is 6.42 Å². The van der Waals surface area contributed by atoms with Gasteiger partial charge >= 0.3 is 12.1 Å². The molecule has 0 fully saturated rings. The van der Waals surface area contributed by atoms with E-state index in [4.69, 9.17) is 4.74 Å². The molecule has 0 bridgehead atoms. The van der Waals surface area contributed by atoms with E-state index >= 15 is 0 Å². The van der Waals surface area contributed by atoms with Crippen molar-refractivity contribution in [1.82, 2.24) is 5.32 Å². The normalized spacial score (nSPS) is 12.8. The van der Waals surface area contributed by atoms with E-state index in [-0.39, 0.29) is 12.2 Å². The molecule has 9 nitrogen and oxygen atoms in total. The first-order valence-electron chi connectivity index (χ1n) is 7.21. The Morgan fingerprint density at radius 3 is 2.20 bits per heavy atom. The van der Waals surface area contributed by atoms with Crippen molar-refractivity contribution < 1.29 is 36.2 Å². The second-order valence-corrected chi connectivity index (χ2v) is 7.04. The second-order valence-electron chi connectivity index (χ2n) is 6.06. The molecule has 140 valence electrons. The third-order valence-electron chi connectivity index (χ3n) is 2.74. The molecule has 0 unspecified atom stereocenters. The zero-order valence-electron chi connectivity index (χ0n) is 14.3. The highest BCUT2D eigenvalue weighted by molar-refractivity contribution is 7.81. The number of hydrogen-bond donors (Lipinski definition) is 1. The molecule has 0 aliphatic rings. The van der Waals surface area contributed by atoms with Crippen molar-refractivity contribution in [1.29, 1.82) is 0 Å². The fourth-order valence-electron chi connectivity index (χ4n) is 1.82. The second kappa shape index (κ2) is 8.17. The molecule has 1 amide bonds. The first-order valence-corrected chi connectivity index (χ1v) is 8.54. The monoisotopic (exact) mass is 374 g/mol. The van der Waals surface area contributed by atoms with Gasteiger partial charge in [-0.2, -0.15) is 0 Å². The van der Waals surface area contributed by atoms with Crippen LogP contribution < -0.4 is 9.50 Å². The van der Waals surface area contributed by atoms with Crippen molar-refractivity contribution in [2.45, 2.75) is 38.8 Å². The SMILES string of the molecule is COC(=O)[C@H](Cc1ccc(OS(=O)(=O)[O-])cc1)NC(=O)OC(C)(C)C. The van der Waals surface area contributed by atoms with Crippen LogP contribution in [0.2, 0.25) is 0 Å². The zero-order valence-corrected chi connectivity index (χ0v) is 15.1. The Kier molecular flexibility index (Phi) is 6.77. The van der Waals surface area contributed by atoms with E-state index in [9.17, 15) is 22.6 Å². The van der Waals surface area contributed by atoms with Crippen LogP contribution in [0.5, 0.6) is 5.75 Å². The Morgan fingerprint density at radius 1 is 1.20 bits per heavy atom. The Morgan fingerprint density at radius 2 is 1.76 bits per heavy atom. The van der Waals surface area contributed by atoms with Crippen LogP contribution in [-0.2, 0) is 31.1 Å². The lowest BCUT2D eigenvalue weighted by Gasteiger charge is -2.22. The zero-order chi connectivity index (χ0) is 19.3. The van der Waals surface area contributed by atoms with E-state index in [0.29, 0.717) is 5.56 Å². The fraction of sp³-hybridized carbons (Fsp3) is 0.467. The molecule has 1 aromatic carbocycles. The topological polar surface area (TPSA) is 131 Å². The van der Waals surface area contributed by atoms with Gasteiger partial charge < -0.3 is 23.5 Å². The molecule has 25 heavy (non-hydrogen) atoms. The van der Waals surface area contributed by atoms with Crippen molar-refractivity contribution in [3.63, 3.8) is 0 Å². The molecular weight excluding hydrogens is 354 g/mol. The van der Waals surface area contributed by atoms with Crippen LogP contribution in [0.4, 0.5) is 4.79 Å². The molecule has 0 saturated heterocycles. The van der Waals surface area contributed by atoms with E-state index in [2.05, 4.69) is 14.2 Å². The van der Waals surface area contributed by atoms with Gasteiger partial charge in [0.25, 0.3) is 10.4 Å². The maximum atomic E-state index is 11.8. The van der Waals surface area contributed by atoms with E-state index in [1.165, 1.54) is 31.4 Å². The number of rotatable bonds is 6. The summed E-state index contributed by atoms with van der Waals surface area (Å²) in [5, 5.41) is 2.41. The molecule has 0 saturated carbocycles. The summed E-state index contributed by atoms with van der Waals surface area (Å²) >= 11 is 0. The van der Waals surface area contributed by atoms with Gasteiger partial charge in [0.05, 0.1) is 7.11 Å². The molecule has 0 aliphatic heterocycles. The minimum absolute atomic E-state index is 0.0658. The molecule has 1 N–H and O–H groups in total. The Balaban J connectivity index is 2.81. The molecule has 1 aromatic rings. The fourth-order valence-corrected chi connectivity index (χ4v) is 2.17. The van der Waals surface area contributed by atoms with Crippen LogP contribution >= 0.6 is 0 Å². The third kappa shape index (κ3) is 8.36. The first-order chi connectivity index (χ1) is 11.4. The van der Waals surface area contributed by atoms with E-state index in [1.807, 2.05) is 0 Å². The molecule has 0 aliphatic carbocycles. The van der Waals surface area contributed by atoms with Crippen molar-refractivity contribution in [3.05, 3.63) is 29.8 Å². The lowest BCUT2D eigenvalue weighted by molar-refractivity contribution is -0.143. The summed E-state index contributed by atoms with van der Waals surface area (Å²) in [5.41, 5.74) is -0.157. The number of carbonyl (C=O) groups is 2. The Labute approximate surface area is 146 Å². The van der Waals surface area contributed by atoms with E-state index in [1.54, 1.807) is 20.8 Å². The lowest BCUT2D eigenvalue weighted by atomic mass is 10.1. The Bertz CT molecular complexity index is 706. The van der Waals surface area contributed by atoms with Crippen molar-refractivity contribution in [2.24, 2.45) is 0 Å². The summed E-state index contributed by atoms with van der Waals surface area (Å²) in [7, 11) is -3.68. The average Bonchev–Trinajstić information content (AvgIpc) is 2.44. The van der Waals surface area contributed by atoms with Gasteiger partial charge in [-0.3, -0.25) is 0 Å². The van der Waals surface area contributed by atoms with Gasteiger partial charge in [-0.15, -0.1) is 0 Å². The molecule has 0 aromatic heterocycles. The highest BCUT2D eigenvalue weighted by Gasteiger charge is 2.25. The Hall–Kier alpha value is -2.33. The number of benzene rings is 1. The van der Waals surface area contributed by atoms with Gasteiger partial charge in [-0.05, 0) is 38.5 Å². The summed E-state index contributed by atoms with van der Waals surface area (Å²) < 4.78 is 45.5. The minimum Gasteiger partial charge on any atom is -0.716 e. The van der Waals surface area contributed by atoms with E-state index in [0.717, 1.165) is 0 Å². The number of esters is 1. The molecular formula is C15H20NO8S-. The minimum atomic E-state index is -4.86. The van der Waals surface area contributed by atoms with Crippen LogP contribution in [-0.4, -0.2) is 43.8 Å². The summed E-state index contributed by atoms with van der Waals surface area (Å²) in [6, 6.07) is 4.41. The van der Waals surface area contributed by atoms with Crippen LogP contribution in [0.25, 0.3) is 0 Å². The molecule has 1 atom stereocenters. The lowest BCUT2D eigenvalue weighted by Crippen LogP contribution is -2.45. The maximum Gasteiger partial charge on any atom is 0.408 e. The summed E-state index contributed by atoms with van der Waals surface area (Å²) in [4.78, 5) is 23.7. The molecule has 1 rings (SSSR count). The molecule has 0 spiro atoms. The van der Waals surface area contributed by atoms with Gasteiger partial charge in [0.1, 0.15) is 17.4 Å². The van der Waals surface area contributed by atoms with Gasteiger partial charge in [-0.25, -0.2) is 18.0 Å². The molecule has 0 radical (unpaired) electrons. The number of amides is 1. The number of ether oxygens (including phenoxy) is 2. The van der Waals surface area contributed by atoms with Gasteiger partial charge in [0.15, 0.2) is 0 Å². The highest BCUT2D eigenvalue weighted by atomic mass is 32.3. The predicted molar refractivity (Wildman–Crippen MR) is 85.6 cm³/mol. The predicted octanol–water partition coefficient (Wildman–Crippen LogP) is 1.13. The van der Waals surface area contributed by atoms with Gasteiger partial charge in [-0.1, -0.05) is 12.1 Å². The quantitative estimate of drug-likeness (QED) is 0.445.